The topological polar surface area (TPSA) is 57.0 Å². The number of rotatable bonds is 4. The normalized spacial score (nSPS) is 14.2. The van der Waals surface area contributed by atoms with Crippen molar-refractivity contribution in [3.05, 3.63) is 99.3 Å². The molecule has 0 radical (unpaired) electrons. The number of benzene rings is 2. The molecule has 3 heterocycles. The first kappa shape index (κ1) is 18.6. The lowest BCUT2D eigenvalue weighted by Crippen LogP contribution is -2.20. The van der Waals surface area contributed by atoms with E-state index in [1.807, 2.05) is 42.5 Å². The maximum atomic E-state index is 12.8. The van der Waals surface area contributed by atoms with Gasteiger partial charge in [-0.3, -0.25) is 14.3 Å². The summed E-state index contributed by atoms with van der Waals surface area (Å²) in [4.78, 5) is 21.8. The maximum absolute atomic E-state index is 12.8. The smallest absolute Gasteiger partial charge is 0.261 e. The van der Waals surface area contributed by atoms with E-state index in [4.69, 9.17) is 21.3 Å². The average Bonchev–Trinajstić information content (AvgIpc) is 3.16. The Morgan fingerprint density at radius 3 is 2.77 bits per heavy atom. The SMILES string of the molecule is O=c1c2ccc(Cl)cc2nc2n1CCC2=Cc1ccc(OCc2ccccn2)cc1. The fourth-order valence-electron chi connectivity index (χ4n) is 3.63. The Hall–Kier alpha value is -3.44. The Balaban J connectivity index is 1.40. The molecule has 0 saturated carbocycles. The number of hydrogen-bond acceptors (Lipinski definition) is 4. The van der Waals surface area contributed by atoms with Gasteiger partial charge in [0.25, 0.3) is 5.56 Å². The van der Waals surface area contributed by atoms with Gasteiger partial charge in [0.15, 0.2) is 0 Å². The maximum Gasteiger partial charge on any atom is 0.261 e. The zero-order valence-corrected chi connectivity index (χ0v) is 16.8. The monoisotopic (exact) mass is 415 g/mol. The molecule has 2 aromatic heterocycles. The van der Waals surface area contributed by atoms with Crippen LogP contribution in [-0.2, 0) is 13.2 Å². The van der Waals surface area contributed by atoms with Crippen LogP contribution in [0.15, 0.2) is 71.7 Å². The minimum Gasteiger partial charge on any atom is -0.487 e. The molecule has 0 atom stereocenters. The fraction of sp³-hybridized carbons (Fsp3) is 0.125. The van der Waals surface area contributed by atoms with Crippen LogP contribution in [-0.4, -0.2) is 14.5 Å². The van der Waals surface area contributed by atoms with E-state index in [1.54, 1.807) is 29.0 Å². The Bertz CT molecular complexity index is 1310. The summed E-state index contributed by atoms with van der Waals surface area (Å²) in [5.74, 6) is 1.50. The summed E-state index contributed by atoms with van der Waals surface area (Å²) in [6, 6.07) is 18.8. The molecule has 30 heavy (non-hydrogen) atoms. The molecule has 0 unspecified atom stereocenters. The Labute approximate surface area is 178 Å². The zero-order chi connectivity index (χ0) is 20.5. The summed E-state index contributed by atoms with van der Waals surface area (Å²) >= 11 is 6.09. The quantitative estimate of drug-likeness (QED) is 0.472. The average molecular weight is 416 g/mol. The molecule has 5 rings (SSSR count). The van der Waals surface area contributed by atoms with Crippen molar-refractivity contribution in [2.75, 3.05) is 0 Å². The molecule has 0 fully saturated rings. The molecule has 5 nitrogen and oxygen atoms in total. The van der Waals surface area contributed by atoms with Gasteiger partial charge in [-0.2, -0.15) is 0 Å². The highest BCUT2D eigenvalue weighted by atomic mass is 35.5. The Kier molecular flexibility index (Phi) is 4.81. The molecule has 4 aromatic rings. The highest BCUT2D eigenvalue weighted by molar-refractivity contribution is 6.31. The van der Waals surface area contributed by atoms with Crippen molar-refractivity contribution in [2.45, 2.75) is 19.6 Å². The number of nitrogens with zero attached hydrogens (tertiary/aromatic N) is 3. The molecule has 0 bridgehead atoms. The van der Waals surface area contributed by atoms with Gasteiger partial charge >= 0.3 is 0 Å². The molecule has 148 valence electrons. The number of aromatic nitrogens is 3. The lowest BCUT2D eigenvalue weighted by Gasteiger charge is -2.07. The summed E-state index contributed by atoms with van der Waals surface area (Å²) in [6.45, 7) is 1.06. The highest BCUT2D eigenvalue weighted by Crippen LogP contribution is 2.28. The summed E-state index contributed by atoms with van der Waals surface area (Å²) in [7, 11) is 0. The molecular weight excluding hydrogens is 398 g/mol. The van der Waals surface area contributed by atoms with E-state index in [9.17, 15) is 4.79 Å². The molecule has 0 N–H and O–H groups in total. The molecule has 6 heteroatoms. The summed E-state index contributed by atoms with van der Waals surface area (Å²) in [6.07, 6.45) is 4.60. The molecule has 2 aromatic carbocycles. The molecule has 0 saturated heterocycles. The first-order valence-corrected chi connectivity index (χ1v) is 10.1. The molecule has 0 amide bonds. The third-order valence-corrected chi connectivity index (χ3v) is 5.38. The van der Waals surface area contributed by atoms with Gasteiger partial charge in [0, 0.05) is 17.8 Å². The molecule has 0 aliphatic carbocycles. The van der Waals surface area contributed by atoms with E-state index in [0.717, 1.165) is 29.0 Å². The van der Waals surface area contributed by atoms with Crippen molar-refractivity contribution in [3.8, 4) is 5.75 Å². The van der Waals surface area contributed by atoms with E-state index >= 15 is 0 Å². The van der Waals surface area contributed by atoms with E-state index in [0.29, 0.717) is 34.9 Å². The van der Waals surface area contributed by atoms with Gasteiger partial charge in [0.2, 0.25) is 0 Å². The highest BCUT2D eigenvalue weighted by Gasteiger charge is 2.20. The molecular formula is C24H18ClN3O2. The van der Waals surface area contributed by atoms with Gasteiger partial charge in [-0.25, -0.2) is 4.98 Å². The van der Waals surface area contributed by atoms with Crippen molar-refractivity contribution in [1.82, 2.24) is 14.5 Å². The van der Waals surface area contributed by atoms with Crippen LogP contribution in [0.5, 0.6) is 5.75 Å². The van der Waals surface area contributed by atoms with E-state index in [1.165, 1.54) is 0 Å². The van der Waals surface area contributed by atoms with Crippen LogP contribution in [0, 0.1) is 0 Å². The second kappa shape index (κ2) is 7.76. The number of ether oxygens (including phenoxy) is 1. The third kappa shape index (κ3) is 3.60. The zero-order valence-electron chi connectivity index (χ0n) is 16.1. The second-order valence-corrected chi connectivity index (χ2v) is 7.59. The third-order valence-electron chi connectivity index (χ3n) is 5.14. The number of fused-ring (bicyclic) bond motifs is 2. The van der Waals surface area contributed by atoms with Gasteiger partial charge < -0.3 is 4.74 Å². The largest absolute Gasteiger partial charge is 0.487 e. The first-order chi connectivity index (χ1) is 14.7. The Morgan fingerprint density at radius 1 is 1.10 bits per heavy atom. The Morgan fingerprint density at radius 2 is 1.97 bits per heavy atom. The standard InChI is InChI=1S/C24H18ClN3O2/c25-18-6-9-21-22(14-18)27-23-17(10-12-28(23)24(21)29)13-16-4-7-20(8-5-16)30-15-19-3-1-2-11-26-19/h1-9,11,13-14H,10,12,15H2. The van der Waals surface area contributed by atoms with Crippen LogP contribution < -0.4 is 10.3 Å². The molecule has 1 aliphatic rings. The fourth-order valence-corrected chi connectivity index (χ4v) is 3.80. The lowest BCUT2D eigenvalue weighted by atomic mass is 10.1. The molecule has 1 aliphatic heterocycles. The predicted octanol–water partition coefficient (Wildman–Crippen LogP) is 4.97. The van der Waals surface area contributed by atoms with Crippen LogP contribution in [0.1, 0.15) is 23.5 Å². The van der Waals surface area contributed by atoms with Crippen LogP contribution in [0.4, 0.5) is 0 Å². The van der Waals surface area contributed by atoms with Crippen molar-refractivity contribution in [1.29, 1.82) is 0 Å². The van der Waals surface area contributed by atoms with E-state index in [-0.39, 0.29) is 5.56 Å². The minimum atomic E-state index is -0.0201. The minimum absolute atomic E-state index is 0.0201. The van der Waals surface area contributed by atoms with Gasteiger partial charge in [-0.15, -0.1) is 0 Å². The van der Waals surface area contributed by atoms with Crippen molar-refractivity contribution in [2.24, 2.45) is 0 Å². The van der Waals surface area contributed by atoms with Crippen LogP contribution in [0.2, 0.25) is 5.02 Å². The van der Waals surface area contributed by atoms with Crippen molar-refractivity contribution in [3.63, 3.8) is 0 Å². The van der Waals surface area contributed by atoms with Crippen LogP contribution >= 0.6 is 11.6 Å². The lowest BCUT2D eigenvalue weighted by molar-refractivity contribution is 0.301. The van der Waals surface area contributed by atoms with Crippen LogP contribution in [0.3, 0.4) is 0 Å². The summed E-state index contributed by atoms with van der Waals surface area (Å²) in [5.41, 5.74) is 3.56. The first-order valence-electron chi connectivity index (χ1n) is 9.71. The van der Waals surface area contributed by atoms with Crippen molar-refractivity contribution >= 4 is 34.2 Å². The summed E-state index contributed by atoms with van der Waals surface area (Å²) in [5, 5.41) is 1.17. The second-order valence-electron chi connectivity index (χ2n) is 7.15. The van der Waals surface area contributed by atoms with E-state index in [2.05, 4.69) is 11.1 Å². The number of allylic oxidation sites excluding steroid dienone is 1. The van der Waals surface area contributed by atoms with Gasteiger partial charge in [0.1, 0.15) is 18.2 Å². The van der Waals surface area contributed by atoms with Gasteiger partial charge in [0.05, 0.1) is 16.6 Å². The number of pyridine rings is 1. The number of halogens is 1. The van der Waals surface area contributed by atoms with E-state index < -0.39 is 0 Å². The summed E-state index contributed by atoms with van der Waals surface area (Å²) < 4.78 is 7.54. The predicted molar refractivity (Wildman–Crippen MR) is 119 cm³/mol. The van der Waals surface area contributed by atoms with Gasteiger partial charge in [-0.1, -0.05) is 29.8 Å². The molecule has 0 spiro atoms. The van der Waals surface area contributed by atoms with Crippen molar-refractivity contribution < 1.29 is 4.74 Å². The van der Waals surface area contributed by atoms with Crippen LogP contribution in [0.25, 0.3) is 22.6 Å². The van der Waals surface area contributed by atoms with Gasteiger partial charge in [-0.05, 0) is 66.1 Å². The number of hydrogen-bond donors (Lipinski definition) is 0.